The Kier molecular flexibility index (Phi) is 3.38. The molecule has 1 aliphatic carbocycles. The van der Waals surface area contributed by atoms with E-state index in [9.17, 15) is 0 Å². The van der Waals surface area contributed by atoms with Crippen molar-refractivity contribution in [3.05, 3.63) is 11.7 Å². The molecule has 5 nitrogen and oxygen atoms in total. The van der Waals surface area contributed by atoms with E-state index >= 15 is 0 Å². The SMILES string of the molecule is C1CC(CCOCc2noc(C3CC3)n2)CN1. The summed E-state index contributed by atoms with van der Waals surface area (Å²) in [6.07, 6.45) is 4.78. The van der Waals surface area contributed by atoms with Crippen LogP contribution in [0, 0.1) is 5.92 Å². The summed E-state index contributed by atoms with van der Waals surface area (Å²) >= 11 is 0. The third-order valence-electron chi connectivity index (χ3n) is 3.47. The molecule has 1 saturated carbocycles. The van der Waals surface area contributed by atoms with Crippen LogP contribution in [0.2, 0.25) is 0 Å². The minimum Gasteiger partial charge on any atom is -0.373 e. The molecule has 17 heavy (non-hydrogen) atoms. The zero-order valence-corrected chi connectivity index (χ0v) is 10.0. The number of hydrogen-bond donors (Lipinski definition) is 1. The standard InChI is InChI=1S/C12H19N3O2/c1-2-10(1)12-14-11(15-17-12)8-16-6-4-9-3-5-13-7-9/h9-10,13H,1-8H2. The molecule has 2 fully saturated rings. The lowest BCUT2D eigenvalue weighted by Gasteiger charge is -2.06. The summed E-state index contributed by atoms with van der Waals surface area (Å²) in [4.78, 5) is 4.33. The maximum Gasteiger partial charge on any atom is 0.229 e. The summed E-state index contributed by atoms with van der Waals surface area (Å²) in [6.45, 7) is 3.56. The highest BCUT2D eigenvalue weighted by Crippen LogP contribution is 2.38. The van der Waals surface area contributed by atoms with Crippen molar-refractivity contribution in [1.29, 1.82) is 0 Å². The number of ether oxygens (including phenoxy) is 1. The number of nitrogens with one attached hydrogen (secondary N) is 1. The average Bonchev–Trinajstić information content (AvgIpc) is 2.89. The van der Waals surface area contributed by atoms with E-state index in [1.54, 1.807) is 0 Å². The lowest BCUT2D eigenvalue weighted by Crippen LogP contribution is -2.10. The van der Waals surface area contributed by atoms with Gasteiger partial charge < -0.3 is 14.6 Å². The van der Waals surface area contributed by atoms with Crippen LogP contribution in [-0.4, -0.2) is 29.8 Å². The fourth-order valence-electron chi connectivity index (χ4n) is 2.20. The quantitative estimate of drug-likeness (QED) is 0.759. The van der Waals surface area contributed by atoms with Crippen molar-refractivity contribution in [2.45, 2.75) is 38.2 Å². The molecule has 0 amide bonds. The smallest absolute Gasteiger partial charge is 0.229 e. The van der Waals surface area contributed by atoms with Crippen LogP contribution in [0.15, 0.2) is 4.52 Å². The third kappa shape index (κ3) is 3.04. The van der Waals surface area contributed by atoms with E-state index in [4.69, 9.17) is 9.26 Å². The second kappa shape index (κ2) is 5.14. The Morgan fingerprint density at radius 1 is 1.35 bits per heavy atom. The van der Waals surface area contributed by atoms with Crippen molar-refractivity contribution in [2.24, 2.45) is 5.92 Å². The third-order valence-corrected chi connectivity index (χ3v) is 3.47. The number of hydrogen-bond acceptors (Lipinski definition) is 5. The second-order valence-electron chi connectivity index (χ2n) is 5.02. The summed E-state index contributed by atoms with van der Waals surface area (Å²) in [6, 6.07) is 0. The predicted molar refractivity (Wildman–Crippen MR) is 61.5 cm³/mol. The van der Waals surface area contributed by atoms with Crippen LogP contribution in [-0.2, 0) is 11.3 Å². The molecule has 2 heterocycles. The summed E-state index contributed by atoms with van der Waals surface area (Å²) in [5.41, 5.74) is 0. The van der Waals surface area contributed by atoms with Gasteiger partial charge in [0.15, 0.2) is 5.82 Å². The van der Waals surface area contributed by atoms with Gasteiger partial charge in [-0.05, 0) is 44.7 Å². The highest BCUT2D eigenvalue weighted by molar-refractivity contribution is 5.01. The molecule has 2 aliphatic rings. The van der Waals surface area contributed by atoms with Crippen molar-refractivity contribution >= 4 is 0 Å². The van der Waals surface area contributed by atoms with Gasteiger partial charge in [-0.25, -0.2) is 0 Å². The molecule has 5 heteroatoms. The van der Waals surface area contributed by atoms with Gasteiger partial charge in [0.05, 0.1) is 0 Å². The molecule has 1 unspecified atom stereocenters. The van der Waals surface area contributed by atoms with Crippen molar-refractivity contribution in [3.63, 3.8) is 0 Å². The van der Waals surface area contributed by atoms with E-state index in [1.807, 2.05) is 0 Å². The molecule has 1 saturated heterocycles. The zero-order chi connectivity index (χ0) is 11.5. The fraction of sp³-hybridized carbons (Fsp3) is 0.833. The van der Waals surface area contributed by atoms with Crippen molar-refractivity contribution < 1.29 is 9.26 Å². The lowest BCUT2D eigenvalue weighted by molar-refractivity contribution is 0.102. The fourth-order valence-corrected chi connectivity index (χ4v) is 2.20. The molecule has 1 atom stereocenters. The lowest BCUT2D eigenvalue weighted by atomic mass is 10.1. The highest BCUT2D eigenvalue weighted by atomic mass is 16.5. The Bertz CT molecular complexity index is 356. The Balaban J connectivity index is 1.35. The van der Waals surface area contributed by atoms with Gasteiger partial charge >= 0.3 is 0 Å². The molecular formula is C12H19N3O2. The van der Waals surface area contributed by atoms with Crippen molar-refractivity contribution in [3.8, 4) is 0 Å². The summed E-state index contributed by atoms with van der Waals surface area (Å²) in [5.74, 6) is 2.79. The molecule has 0 radical (unpaired) electrons. The number of rotatable bonds is 6. The molecule has 3 rings (SSSR count). The van der Waals surface area contributed by atoms with Crippen LogP contribution >= 0.6 is 0 Å². The Morgan fingerprint density at radius 2 is 2.29 bits per heavy atom. The van der Waals surface area contributed by atoms with E-state index in [1.165, 1.54) is 19.3 Å². The molecule has 0 aromatic carbocycles. The molecule has 0 spiro atoms. The van der Waals surface area contributed by atoms with Gasteiger partial charge in [0.1, 0.15) is 6.61 Å². The zero-order valence-electron chi connectivity index (χ0n) is 10.0. The van der Waals surface area contributed by atoms with E-state index < -0.39 is 0 Å². The number of aromatic nitrogens is 2. The van der Waals surface area contributed by atoms with E-state index in [2.05, 4.69) is 15.5 Å². The van der Waals surface area contributed by atoms with Gasteiger partial charge in [0.25, 0.3) is 0 Å². The Hall–Kier alpha value is -0.940. The summed E-state index contributed by atoms with van der Waals surface area (Å²) in [5, 5.41) is 7.28. The molecule has 1 aromatic heterocycles. The first kappa shape index (κ1) is 11.2. The Morgan fingerprint density at radius 3 is 3.06 bits per heavy atom. The Labute approximate surface area is 101 Å². The topological polar surface area (TPSA) is 60.2 Å². The number of nitrogens with zero attached hydrogens (tertiary/aromatic N) is 2. The van der Waals surface area contributed by atoms with Crippen LogP contribution in [0.1, 0.15) is 43.3 Å². The van der Waals surface area contributed by atoms with Gasteiger partial charge in [0.2, 0.25) is 5.89 Å². The normalized spacial score (nSPS) is 24.4. The molecule has 1 N–H and O–H groups in total. The van der Waals surface area contributed by atoms with Gasteiger partial charge in [0, 0.05) is 12.5 Å². The minimum absolute atomic E-state index is 0.483. The minimum atomic E-state index is 0.483. The van der Waals surface area contributed by atoms with Crippen LogP contribution in [0.4, 0.5) is 0 Å². The predicted octanol–water partition coefficient (Wildman–Crippen LogP) is 1.46. The first-order valence-electron chi connectivity index (χ1n) is 6.53. The average molecular weight is 237 g/mol. The van der Waals surface area contributed by atoms with Gasteiger partial charge in [-0.3, -0.25) is 0 Å². The monoisotopic (exact) mass is 237 g/mol. The van der Waals surface area contributed by atoms with Gasteiger partial charge in [-0.15, -0.1) is 0 Å². The molecule has 1 aliphatic heterocycles. The van der Waals surface area contributed by atoms with Crippen LogP contribution < -0.4 is 5.32 Å². The molecular weight excluding hydrogens is 218 g/mol. The van der Waals surface area contributed by atoms with Crippen molar-refractivity contribution in [2.75, 3.05) is 19.7 Å². The van der Waals surface area contributed by atoms with Crippen LogP contribution in [0.25, 0.3) is 0 Å². The maximum absolute atomic E-state index is 5.58. The van der Waals surface area contributed by atoms with E-state index in [-0.39, 0.29) is 0 Å². The van der Waals surface area contributed by atoms with Crippen LogP contribution in [0.5, 0.6) is 0 Å². The van der Waals surface area contributed by atoms with E-state index in [0.29, 0.717) is 18.3 Å². The maximum atomic E-state index is 5.58. The first-order valence-corrected chi connectivity index (χ1v) is 6.53. The summed E-state index contributed by atoms with van der Waals surface area (Å²) < 4.78 is 10.8. The molecule has 0 bridgehead atoms. The largest absolute Gasteiger partial charge is 0.373 e. The highest BCUT2D eigenvalue weighted by Gasteiger charge is 2.29. The second-order valence-corrected chi connectivity index (χ2v) is 5.02. The van der Waals surface area contributed by atoms with Gasteiger partial charge in [-0.2, -0.15) is 4.98 Å². The van der Waals surface area contributed by atoms with E-state index in [0.717, 1.165) is 37.9 Å². The first-order chi connectivity index (χ1) is 8.42. The van der Waals surface area contributed by atoms with Crippen LogP contribution in [0.3, 0.4) is 0 Å². The molecule has 94 valence electrons. The van der Waals surface area contributed by atoms with Crippen molar-refractivity contribution in [1.82, 2.24) is 15.5 Å². The molecule has 1 aromatic rings. The summed E-state index contributed by atoms with van der Waals surface area (Å²) in [7, 11) is 0. The van der Waals surface area contributed by atoms with Gasteiger partial charge in [-0.1, -0.05) is 5.16 Å².